The van der Waals surface area contributed by atoms with Gasteiger partial charge in [0.1, 0.15) is 18.5 Å². The Kier molecular flexibility index (Phi) is 3.71. The molecule has 4 heteroatoms. The third kappa shape index (κ3) is 2.71. The summed E-state index contributed by atoms with van der Waals surface area (Å²) in [6.45, 7) is 1.20. The Balaban J connectivity index is 2.86. The molecule has 0 spiro atoms. The van der Waals surface area contributed by atoms with Gasteiger partial charge >= 0.3 is 0 Å². The van der Waals surface area contributed by atoms with Crippen molar-refractivity contribution in [3.63, 3.8) is 0 Å². The van der Waals surface area contributed by atoms with E-state index >= 15 is 0 Å². The van der Waals surface area contributed by atoms with Gasteiger partial charge < -0.3 is 10.2 Å². The van der Waals surface area contributed by atoms with Crippen molar-refractivity contribution in [1.29, 1.82) is 0 Å². The van der Waals surface area contributed by atoms with E-state index in [0.717, 1.165) is 0 Å². The van der Waals surface area contributed by atoms with E-state index < -0.39 is 18.0 Å². The summed E-state index contributed by atoms with van der Waals surface area (Å²) < 4.78 is 0. The quantitative estimate of drug-likeness (QED) is 0.706. The molecule has 2 N–H and O–H groups in total. The number of ketones is 1. The molecule has 0 radical (unpaired) electrons. The number of aliphatic hydroxyl groups is 2. The van der Waals surface area contributed by atoms with E-state index in [1.807, 2.05) is 0 Å². The van der Waals surface area contributed by atoms with Crippen molar-refractivity contribution in [3.05, 3.63) is 35.4 Å². The first-order valence-electron chi connectivity index (χ1n) is 4.48. The minimum absolute atomic E-state index is 0.406. The van der Waals surface area contributed by atoms with Gasteiger partial charge in [0.25, 0.3) is 0 Å². The minimum Gasteiger partial charge on any atom is -0.385 e. The zero-order valence-electron chi connectivity index (χ0n) is 8.25. The van der Waals surface area contributed by atoms with Crippen molar-refractivity contribution in [3.8, 4) is 0 Å². The van der Waals surface area contributed by atoms with Crippen molar-refractivity contribution < 1.29 is 19.8 Å². The molecule has 80 valence electrons. The fraction of sp³-hybridized carbons (Fsp3) is 0.273. The maximum absolute atomic E-state index is 10.8. The largest absolute Gasteiger partial charge is 0.385 e. The summed E-state index contributed by atoms with van der Waals surface area (Å²) in [6, 6.07) is 6.03. The molecule has 0 bridgehead atoms. The number of aldehydes is 1. The van der Waals surface area contributed by atoms with E-state index in [2.05, 4.69) is 0 Å². The van der Waals surface area contributed by atoms with Crippen LogP contribution in [0.2, 0.25) is 0 Å². The molecule has 1 rings (SSSR count). The number of rotatable bonds is 4. The lowest BCUT2D eigenvalue weighted by Crippen LogP contribution is -2.25. The maximum Gasteiger partial charge on any atom is 0.161 e. The zero-order valence-corrected chi connectivity index (χ0v) is 8.25. The molecule has 0 aliphatic rings. The molecule has 0 saturated carbocycles. The molecule has 15 heavy (non-hydrogen) atoms. The average molecular weight is 208 g/mol. The summed E-state index contributed by atoms with van der Waals surface area (Å²) in [4.78, 5) is 21.2. The van der Waals surface area contributed by atoms with Gasteiger partial charge in [-0.3, -0.25) is 9.59 Å². The lowest BCUT2D eigenvalue weighted by molar-refractivity contribution is -0.130. The summed E-state index contributed by atoms with van der Waals surface area (Å²) in [5.41, 5.74) is 0.881. The van der Waals surface area contributed by atoms with Crippen LogP contribution in [0, 0.1) is 0 Å². The average Bonchev–Trinajstić information content (AvgIpc) is 2.27. The van der Waals surface area contributed by atoms with Crippen molar-refractivity contribution in [2.24, 2.45) is 0 Å². The van der Waals surface area contributed by atoms with Gasteiger partial charge in [0.15, 0.2) is 5.78 Å². The Labute approximate surface area is 87.2 Å². The number of carbonyl (C=O) groups excluding carboxylic acids is 2. The van der Waals surface area contributed by atoms with Crippen LogP contribution in [0.3, 0.4) is 0 Å². The number of Topliss-reactive ketones (excluding diaryl/α,β-unsaturated/α-hetero) is 1. The lowest BCUT2D eigenvalue weighted by atomic mass is 10.0. The van der Waals surface area contributed by atoms with E-state index in [1.165, 1.54) is 31.2 Å². The number of hydrogen-bond acceptors (Lipinski definition) is 4. The van der Waals surface area contributed by atoms with Gasteiger partial charge in [0.05, 0.1) is 0 Å². The molecule has 0 aromatic heterocycles. The molecule has 4 nitrogen and oxygen atoms in total. The maximum atomic E-state index is 10.8. The summed E-state index contributed by atoms with van der Waals surface area (Å²) >= 11 is 0. The van der Waals surface area contributed by atoms with E-state index in [4.69, 9.17) is 0 Å². The summed E-state index contributed by atoms with van der Waals surface area (Å²) in [5, 5.41) is 18.9. The molecule has 0 amide bonds. The van der Waals surface area contributed by atoms with Gasteiger partial charge in [0.2, 0.25) is 0 Å². The van der Waals surface area contributed by atoms with Crippen LogP contribution in [0.1, 0.15) is 28.9 Å². The molecule has 1 aromatic rings. The van der Waals surface area contributed by atoms with E-state index in [1.54, 1.807) is 0 Å². The highest BCUT2D eigenvalue weighted by Gasteiger charge is 2.21. The Morgan fingerprint density at radius 1 is 1.27 bits per heavy atom. The molecule has 1 aromatic carbocycles. The molecular weight excluding hydrogens is 196 g/mol. The molecule has 0 unspecified atom stereocenters. The summed E-state index contributed by atoms with van der Waals surface area (Å²) in [7, 11) is 0. The second-order valence-corrected chi connectivity index (χ2v) is 3.28. The smallest absolute Gasteiger partial charge is 0.161 e. The van der Waals surface area contributed by atoms with Crippen molar-refractivity contribution in [2.45, 2.75) is 19.1 Å². The number of benzene rings is 1. The van der Waals surface area contributed by atoms with Gasteiger partial charge in [-0.1, -0.05) is 24.3 Å². The van der Waals surface area contributed by atoms with Crippen LogP contribution in [0.4, 0.5) is 0 Å². The van der Waals surface area contributed by atoms with Gasteiger partial charge in [-0.15, -0.1) is 0 Å². The van der Waals surface area contributed by atoms with Crippen LogP contribution < -0.4 is 0 Å². The fourth-order valence-corrected chi connectivity index (χ4v) is 1.18. The molecule has 0 saturated heterocycles. The SMILES string of the molecule is CC(=O)[C@H](O)[C@@H](O)c1ccc(C=O)cc1. The van der Waals surface area contributed by atoms with Crippen molar-refractivity contribution in [1.82, 2.24) is 0 Å². The second-order valence-electron chi connectivity index (χ2n) is 3.28. The molecule has 2 atom stereocenters. The monoisotopic (exact) mass is 208 g/mol. The highest BCUT2D eigenvalue weighted by molar-refractivity contribution is 5.81. The van der Waals surface area contributed by atoms with Crippen LogP contribution in [0.5, 0.6) is 0 Å². The number of carbonyl (C=O) groups is 2. The van der Waals surface area contributed by atoms with Crippen LogP contribution in [0.25, 0.3) is 0 Å². The molecular formula is C11H12O4. The first-order valence-corrected chi connectivity index (χ1v) is 4.48. The standard InChI is InChI=1S/C11H12O4/c1-7(13)10(14)11(15)9-4-2-8(6-12)3-5-9/h2-6,10-11,14-15H,1H3/t10-,11-/m0/s1. The predicted octanol–water partition coefficient (Wildman–Crippen LogP) is 0.482. The molecule has 0 aliphatic carbocycles. The van der Waals surface area contributed by atoms with Crippen molar-refractivity contribution in [2.75, 3.05) is 0 Å². The second kappa shape index (κ2) is 4.82. The molecule has 0 aliphatic heterocycles. The van der Waals surface area contributed by atoms with E-state index in [9.17, 15) is 19.8 Å². The van der Waals surface area contributed by atoms with E-state index in [-0.39, 0.29) is 0 Å². The van der Waals surface area contributed by atoms with E-state index in [0.29, 0.717) is 17.4 Å². The van der Waals surface area contributed by atoms with Crippen LogP contribution in [-0.4, -0.2) is 28.4 Å². The third-order valence-electron chi connectivity index (χ3n) is 2.13. The first kappa shape index (κ1) is 11.6. The Hall–Kier alpha value is -1.52. The predicted molar refractivity (Wildman–Crippen MR) is 53.5 cm³/mol. The van der Waals surface area contributed by atoms with Gasteiger partial charge in [-0.25, -0.2) is 0 Å². The summed E-state index contributed by atoms with van der Waals surface area (Å²) in [5.74, 6) is -0.498. The summed E-state index contributed by atoms with van der Waals surface area (Å²) in [6.07, 6.45) is -1.99. The minimum atomic E-state index is -1.42. The topological polar surface area (TPSA) is 74.6 Å². The third-order valence-corrected chi connectivity index (χ3v) is 2.13. The first-order chi connectivity index (χ1) is 7.06. The van der Waals surface area contributed by atoms with Crippen LogP contribution in [0.15, 0.2) is 24.3 Å². The highest BCUT2D eigenvalue weighted by atomic mass is 16.3. The van der Waals surface area contributed by atoms with Crippen molar-refractivity contribution >= 4 is 12.1 Å². The van der Waals surface area contributed by atoms with Gasteiger partial charge in [0, 0.05) is 5.56 Å². The Bertz CT molecular complexity index is 355. The molecule has 0 heterocycles. The Morgan fingerprint density at radius 2 is 1.80 bits per heavy atom. The van der Waals surface area contributed by atoms with Crippen LogP contribution >= 0.6 is 0 Å². The van der Waals surface area contributed by atoms with Gasteiger partial charge in [-0.2, -0.15) is 0 Å². The zero-order chi connectivity index (χ0) is 11.4. The van der Waals surface area contributed by atoms with Gasteiger partial charge in [-0.05, 0) is 12.5 Å². The number of aliphatic hydroxyl groups excluding tert-OH is 2. The van der Waals surface area contributed by atoms with Crippen LogP contribution in [-0.2, 0) is 4.79 Å². The lowest BCUT2D eigenvalue weighted by Gasteiger charge is -2.15. The fourth-order valence-electron chi connectivity index (χ4n) is 1.18. The normalized spacial score (nSPS) is 14.3. The number of hydrogen-bond donors (Lipinski definition) is 2. The highest BCUT2D eigenvalue weighted by Crippen LogP contribution is 2.17. The Morgan fingerprint density at radius 3 is 2.20 bits per heavy atom. The molecule has 0 fully saturated rings.